The lowest BCUT2D eigenvalue weighted by Gasteiger charge is -2.02. The van der Waals surface area contributed by atoms with Gasteiger partial charge in [-0.05, 0) is 6.42 Å². The summed E-state index contributed by atoms with van der Waals surface area (Å²) in [7, 11) is 0. The molecule has 0 heterocycles. The number of hydrogen-bond donors (Lipinski definition) is 2. The molecule has 2 N–H and O–H groups in total. The molecule has 56 valence electrons. The Labute approximate surface area is 53.9 Å². The van der Waals surface area contributed by atoms with Gasteiger partial charge in [0, 0.05) is 0 Å². The van der Waals surface area contributed by atoms with E-state index in [0.29, 0.717) is 6.61 Å². The van der Waals surface area contributed by atoms with E-state index in [-0.39, 0.29) is 0 Å². The van der Waals surface area contributed by atoms with Gasteiger partial charge >= 0.3 is 0 Å². The molecule has 4 nitrogen and oxygen atoms in total. The first kappa shape index (κ1) is 8.84. The fourth-order valence-electron chi connectivity index (χ4n) is 0.312. The highest BCUT2D eigenvalue weighted by molar-refractivity contribution is 4.25. The lowest BCUT2D eigenvalue weighted by Crippen LogP contribution is -2.10. The van der Waals surface area contributed by atoms with E-state index in [2.05, 4.69) is 9.78 Å². The van der Waals surface area contributed by atoms with Crippen LogP contribution in [0, 0.1) is 0 Å². The zero-order valence-corrected chi connectivity index (χ0v) is 5.41. The Bertz CT molecular complexity index is 54.9. The first-order valence-corrected chi connectivity index (χ1v) is 2.91. The summed E-state index contributed by atoms with van der Waals surface area (Å²) in [6.45, 7) is 0.578. The maximum atomic E-state index is 8.06. The zero-order valence-electron chi connectivity index (χ0n) is 5.41. The third kappa shape index (κ3) is 7.84. The molecule has 9 heavy (non-hydrogen) atoms. The molecule has 0 amide bonds. The predicted octanol–water partition coefficient (Wildman–Crippen LogP) is 0.00290. The van der Waals surface area contributed by atoms with Crippen molar-refractivity contribution >= 4 is 0 Å². The van der Waals surface area contributed by atoms with Gasteiger partial charge in [-0.3, -0.25) is 0 Å². The van der Waals surface area contributed by atoms with Crippen LogP contribution in [0.1, 0.15) is 19.8 Å². The standard InChI is InChI=1S/C5H12O4/c1-2-3-4-8-9-5(6)7/h5-7H,2-4H2,1H3. The van der Waals surface area contributed by atoms with Gasteiger partial charge in [-0.25, -0.2) is 4.89 Å². The minimum atomic E-state index is -1.82. The Balaban J connectivity index is 2.75. The third-order valence-electron chi connectivity index (χ3n) is 0.735. The van der Waals surface area contributed by atoms with Crippen molar-refractivity contribution in [2.75, 3.05) is 6.61 Å². The molecule has 0 aliphatic carbocycles. The first-order valence-electron chi connectivity index (χ1n) is 2.91. The minimum Gasteiger partial charge on any atom is -0.344 e. The van der Waals surface area contributed by atoms with Gasteiger partial charge < -0.3 is 10.2 Å². The highest BCUT2D eigenvalue weighted by Gasteiger charge is 1.94. The van der Waals surface area contributed by atoms with Crippen molar-refractivity contribution < 1.29 is 20.0 Å². The summed E-state index contributed by atoms with van der Waals surface area (Å²) in [5, 5.41) is 16.1. The van der Waals surface area contributed by atoms with Crippen LogP contribution < -0.4 is 0 Å². The number of aliphatic hydroxyl groups is 2. The second kappa shape index (κ2) is 5.97. The highest BCUT2D eigenvalue weighted by Crippen LogP contribution is 1.89. The van der Waals surface area contributed by atoms with Gasteiger partial charge in [0.15, 0.2) is 0 Å². The molecule has 0 rings (SSSR count). The van der Waals surface area contributed by atoms with Gasteiger partial charge in [0.1, 0.15) is 0 Å². The molecule has 0 aromatic heterocycles. The second-order valence-electron chi connectivity index (χ2n) is 1.60. The Morgan fingerprint density at radius 3 is 2.56 bits per heavy atom. The van der Waals surface area contributed by atoms with Crippen LogP contribution in [0.15, 0.2) is 0 Å². The first-order chi connectivity index (χ1) is 4.27. The summed E-state index contributed by atoms with van der Waals surface area (Å²) in [5.41, 5.74) is 0. The summed E-state index contributed by atoms with van der Waals surface area (Å²) < 4.78 is 0. The van der Waals surface area contributed by atoms with Gasteiger partial charge in [-0.1, -0.05) is 13.3 Å². The molecule has 0 unspecified atom stereocenters. The van der Waals surface area contributed by atoms with Gasteiger partial charge in [-0.2, -0.15) is 4.89 Å². The van der Waals surface area contributed by atoms with E-state index < -0.39 is 6.48 Å². The van der Waals surface area contributed by atoms with Crippen molar-refractivity contribution in [2.24, 2.45) is 0 Å². The van der Waals surface area contributed by atoms with Crippen LogP contribution in [-0.4, -0.2) is 23.3 Å². The van der Waals surface area contributed by atoms with E-state index in [1.165, 1.54) is 0 Å². The zero-order chi connectivity index (χ0) is 7.11. The lowest BCUT2D eigenvalue weighted by molar-refractivity contribution is -0.425. The SMILES string of the molecule is CCCCOOC(O)O. The topological polar surface area (TPSA) is 58.9 Å². The highest BCUT2D eigenvalue weighted by atomic mass is 17.2. The molecule has 0 aromatic rings. The molecule has 0 aromatic carbocycles. The Hall–Kier alpha value is -0.160. The van der Waals surface area contributed by atoms with Gasteiger partial charge in [0.05, 0.1) is 6.61 Å². The van der Waals surface area contributed by atoms with Crippen LogP contribution in [0.5, 0.6) is 0 Å². The maximum absolute atomic E-state index is 8.06. The molecule has 0 saturated carbocycles. The number of hydrogen-bond acceptors (Lipinski definition) is 4. The van der Waals surface area contributed by atoms with E-state index >= 15 is 0 Å². The summed E-state index contributed by atoms with van der Waals surface area (Å²) in [6, 6.07) is 0. The van der Waals surface area contributed by atoms with Crippen molar-refractivity contribution in [3.8, 4) is 0 Å². The van der Waals surface area contributed by atoms with Gasteiger partial charge in [-0.15, -0.1) is 0 Å². The van der Waals surface area contributed by atoms with Crippen LogP contribution in [-0.2, 0) is 9.78 Å². The molecular weight excluding hydrogens is 124 g/mol. The van der Waals surface area contributed by atoms with Crippen LogP contribution in [0.25, 0.3) is 0 Å². The maximum Gasteiger partial charge on any atom is 0.296 e. The van der Waals surface area contributed by atoms with Crippen molar-refractivity contribution in [3.63, 3.8) is 0 Å². The van der Waals surface area contributed by atoms with Crippen molar-refractivity contribution in [3.05, 3.63) is 0 Å². The van der Waals surface area contributed by atoms with E-state index in [1.54, 1.807) is 0 Å². The second-order valence-corrected chi connectivity index (χ2v) is 1.60. The average Bonchev–Trinajstić information content (AvgIpc) is 1.80. The minimum absolute atomic E-state index is 0.397. The Morgan fingerprint density at radius 2 is 2.11 bits per heavy atom. The Kier molecular flexibility index (Phi) is 5.86. The van der Waals surface area contributed by atoms with Crippen molar-refractivity contribution in [1.29, 1.82) is 0 Å². The molecule has 0 aliphatic rings. The molecule has 0 saturated heterocycles. The van der Waals surface area contributed by atoms with Crippen LogP contribution >= 0.6 is 0 Å². The summed E-state index contributed by atoms with van der Waals surface area (Å²) in [5.74, 6) is 0. The number of unbranched alkanes of at least 4 members (excludes halogenated alkanes) is 1. The number of rotatable bonds is 5. The van der Waals surface area contributed by atoms with E-state index in [0.717, 1.165) is 12.8 Å². The molecular formula is C5H12O4. The molecule has 0 fully saturated rings. The Morgan fingerprint density at radius 1 is 1.44 bits per heavy atom. The summed E-state index contributed by atoms with van der Waals surface area (Å²) in [4.78, 5) is 8.29. The fourth-order valence-corrected chi connectivity index (χ4v) is 0.312. The van der Waals surface area contributed by atoms with Gasteiger partial charge in [0.2, 0.25) is 0 Å². The molecule has 0 radical (unpaired) electrons. The average molecular weight is 136 g/mol. The molecule has 4 heteroatoms. The van der Waals surface area contributed by atoms with Gasteiger partial charge in [0.25, 0.3) is 6.48 Å². The molecule has 0 atom stereocenters. The molecule has 0 aliphatic heterocycles. The van der Waals surface area contributed by atoms with Crippen LogP contribution in [0.3, 0.4) is 0 Å². The van der Waals surface area contributed by atoms with Crippen molar-refractivity contribution in [1.82, 2.24) is 0 Å². The smallest absolute Gasteiger partial charge is 0.296 e. The quantitative estimate of drug-likeness (QED) is 0.242. The summed E-state index contributed by atoms with van der Waals surface area (Å²) in [6.07, 6.45) is 1.84. The van der Waals surface area contributed by atoms with Crippen LogP contribution in [0.4, 0.5) is 0 Å². The fraction of sp³-hybridized carbons (Fsp3) is 1.00. The third-order valence-corrected chi connectivity index (χ3v) is 0.735. The van der Waals surface area contributed by atoms with E-state index in [4.69, 9.17) is 10.2 Å². The summed E-state index contributed by atoms with van der Waals surface area (Å²) >= 11 is 0. The van der Waals surface area contributed by atoms with Crippen molar-refractivity contribution in [2.45, 2.75) is 26.2 Å². The van der Waals surface area contributed by atoms with Crippen LogP contribution in [0.2, 0.25) is 0 Å². The lowest BCUT2D eigenvalue weighted by atomic mass is 10.4. The predicted molar refractivity (Wildman–Crippen MR) is 30.2 cm³/mol. The van der Waals surface area contributed by atoms with E-state index in [1.807, 2.05) is 6.92 Å². The number of aliphatic hydroxyl groups excluding tert-OH is 1. The largest absolute Gasteiger partial charge is 0.344 e. The normalized spacial score (nSPS) is 10.7. The molecule has 0 spiro atoms. The monoisotopic (exact) mass is 136 g/mol. The molecule has 0 bridgehead atoms. The van der Waals surface area contributed by atoms with E-state index in [9.17, 15) is 0 Å².